The summed E-state index contributed by atoms with van der Waals surface area (Å²) >= 11 is 5.47. The predicted molar refractivity (Wildman–Crippen MR) is 103 cm³/mol. The fourth-order valence-corrected chi connectivity index (χ4v) is 2.47. The number of nitrogens with one attached hydrogen (secondary N) is 2. The third-order valence-electron chi connectivity index (χ3n) is 3.97. The Labute approximate surface area is 148 Å². The van der Waals surface area contributed by atoms with E-state index in [4.69, 9.17) is 12.2 Å². The number of carbonyl (C=O) groups is 1. The topological polar surface area (TPSA) is 44.4 Å². The first-order chi connectivity index (χ1) is 11.4. The zero-order chi connectivity index (χ0) is 17.7. The van der Waals surface area contributed by atoms with E-state index < -0.39 is 0 Å². The monoisotopic (exact) mass is 341 g/mol. The highest BCUT2D eigenvalue weighted by Gasteiger charge is 2.08. The molecule has 0 bridgehead atoms. The summed E-state index contributed by atoms with van der Waals surface area (Å²) in [5.74, 6) is -0.0816. The summed E-state index contributed by atoms with van der Waals surface area (Å²) in [6.07, 6.45) is 0. The normalized spacial score (nSPS) is 10.2. The van der Waals surface area contributed by atoms with Crippen molar-refractivity contribution in [2.24, 2.45) is 0 Å². The van der Waals surface area contributed by atoms with Crippen LogP contribution in [0.1, 0.15) is 27.0 Å². The van der Waals surface area contributed by atoms with E-state index in [0.717, 1.165) is 11.3 Å². The van der Waals surface area contributed by atoms with E-state index in [-0.39, 0.29) is 5.91 Å². The first-order valence-electron chi connectivity index (χ1n) is 7.81. The second-order valence-corrected chi connectivity index (χ2v) is 6.25. The van der Waals surface area contributed by atoms with Crippen LogP contribution in [-0.2, 0) is 6.54 Å². The first-order valence-corrected chi connectivity index (χ1v) is 8.22. The van der Waals surface area contributed by atoms with Gasteiger partial charge in [0, 0.05) is 31.9 Å². The van der Waals surface area contributed by atoms with E-state index >= 15 is 0 Å². The Morgan fingerprint density at radius 2 is 1.75 bits per heavy atom. The lowest BCUT2D eigenvalue weighted by atomic mass is 10.1. The van der Waals surface area contributed by atoms with Gasteiger partial charge >= 0.3 is 0 Å². The van der Waals surface area contributed by atoms with Crippen molar-refractivity contribution in [1.82, 2.24) is 10.2 Å². The zero-order valence-corrected chi connectivity index (χ0v) is 15.3. The molecular weight excluding hydrogens is 318 g/mol. The number of aryl methyl sites for hydroxylation is 2. The first kappa shape index (κ1) is 17.9. The summed E-state index contributed by atoms with van der Waals surface area (Å²) in [7, 11) is 3.57. The minimum Gasteiger partial charge on any atom is -0.355 e. The summed E-state index contributed by atoms with van der Waals surface area (Å²) < 4.78 is 0. The minimum atomic E-state index is -0.0816. The number of carbonyl (C=O) groups excluding carboxylic acids is 1. The number of hydrogen-bond donors (Lipinski definition) is 2. The van der Waals surface area contributed by atoms with Gasteiger partial charge in [-0.05, 0) is 67.0 Å². The number of anilines is 1. The Morgan fingerprint density at radius 1 is 1.08 bits per heavy atom. The fraction of sp³-hybridized carbons (Fsp3) is 0.263. The molecule has 0 heterocycles. The van der Waals surface area contributed by atoms with E-state index in [1.54, 1.807) is 7.05 Å². The molecule has 0 aliphatic heterocycles. The second-order valence-electron chi connectivity index (χ2n) is 5.86. The maximum atomic E-state index is 11.6. The number of rotatable bonds is 4. The molecule has 24 heavy (non-hydrogen) atoms. The van der Waals surface area contributed by atoms with Crippen molar-refractivity contribution < 1.29 is 4.79 Å². The van der Waals surface area contributed by atoms with Crippen molar-refractivity contribution in [3.8, 4) is 0 Å². The summed E-state index contributed by atoms with van der Waals surface area (Å²) in [6.45, 7) is 4.85. The van der Waals surface area contributed by atoms with Gasteiger partial charge in [-0.3, -0.25) is 4.79 Å². The summed E-state index contributed by atoms with van der Waals surface area (Å²) in [5, 5.41) is 6.54. The minimum absolute atomic E-state index is 0.0816. The van der Waals surface area contributed by atoms with Gasteiger partial charge in [0.25, 0.3) is 5.91 Å². The van der Waals surface area contributed by atoms with E-state index in [1.165, 1.54) is 11.1 Å². The molecule has 0 fully saturated rings. The van der Waals surface area contributed by atoms with Crippen molar-refractivity contribution in [2.75, 3.05) is 19.4 Å². The van der Waals surface area contributed by atoms with E-state index in [1.807, 2.05) is 42.3 Å². The Kier molecular flexibility index (Phi) is 5.93. The highest BCUT2D eigenvalue weighted by atomic mass is 32.1. The largest absolute Gasteiger partial charge is 0.355 e. The smallest absolute Gasteiger partial charge is 0.251 e. The van der Waals surface area contributed by atoms with Crippen molar-refractivity contribution >= 4 is 28.9 Å². The van der Waals surface area contributed by atoms with Crippen LogP contribution in [0, 0.1) is 13.8 Å². The summed E-state index contributed by atoms with van der Waals surface area (Å²) in [4.78, 5) is 13.5. The molecule has 5 heteroatoms. The van der Waals surface area contributed by atoms with Gasteiger partial charge in [0.15, 0.2) is 5.11 Å². The van der Waals surface area contributed by atoms with Crippen molar-refractivity contribution in [3.05, 3.63) is 64.7 Å². The number of benzene rings is 2. The van der Waals surface area contributed by atoms with Gasteiger partial charge in [-0.1, -0.05) is 18.2 Å². The third kappa shape index (κ3) is 4.55. The van der Waals surface area contributed by atoms with Crippen LogP contribution in [0.25, 0.3) is 0 Å². The molecule has 0 atom stereocenters. The van der Waals surface area contributed by atoms with Gasteiger partial charge in [-0.25, -0.2) is 0 Å². The van der Waals surface area contributed by atoms with E-state index in [2.05, 4.69) is 36.6 Å². The summed E-state index contributed by atoms with van der Waals surface area (Å²) in [6, 6.07) is 13.7. The fourth-order valence-electron chi connectivity index (χ4n) is 2.29. The van der Waals surface area contributed by atoms with Crippen LogP contribution in [0.2, 0.25) is 0 Å². The number of hydrogen-bond acceptors (Lipinski definition) is 2. The van der Waals surface area contributed by atoms with Crippen molar-refractivity contribution in [3.63, 3.8) is 0 Å². The molecule has 2 aromatic rings. The molecule has 0 saturated carbocycles. The van der Waals surface area contributed by atoms with Gasteiger partial charge in [0.2, 0.25) is 0 Å². The van der Waals surface area contributed by atoms with Crippen LogP contribution in [0.5, 0.6) is 0 Å². The maximum absolute atomic E-state index is 11.6. The highest BCUT2D eigenvalue weighted by molar-refractivity contribution is 7.80. The lowest BCUT2D eigenvalue weighted by molar-refractivity contribution is 0.0963. The van der Waals surface area contributed by atoms with Gasteiger partial charge in [0.1, 0.15) is 0 Å². The van der Waals surface area contributed by atoms with Gasteiger partial charge in [0.05, 0.1) is 0 Å². The highest BCUT2D eigenvalue weighted by Crippen LogP contribution is 2.15. The van der Waals surface area contributed by atoms with Gasteiger partial charge in [-0.15, -0.1) is 0 Å². The third-order valence-corrected chi connectivity index (χ3v) is 4.38. The molecule has 0 aliphatic carbocycles. The molecule has 0 aliphatic rings. The molecule has 0 radical (unpaired) electrons. The van der Waals surface area contributed by atoms with Crippen LogP contribution in [0.4, 0.5) is 5.69 Å². The van der Waals surface area contributed by atoms with E-state index in [0.29, 0.717) is 17.2 Å². The Bertz CT molecular complexity index is 741. The zero-order valence-electron chi connectivity index (χ0n) is 14.5. The second kappa shape index (κ2) is 7.93. The SMILES string of the molecule is CNC(=O)c1ccc(CN(C)C(=S)Nc2ccc(C)c(C)c2)cc1. The van der Waals surface area contributed by atoms with Crippen LogP contribution >= 0.6 is 12.2 Å². The lowest BCUT2D eigenvalue weighted by Gasteiger charge is -2.21. The Morgan fingerprint density at radius 3 is 2.33 bits per heavy atom. The van der Waals surface area contributed by atoms with E-state index in [9.17, 15) is 4.79 Å². The molecule has 2 N–H and O–H groups in total. The van der Waals surface area contributed by atoms with Crippen molar-refractivity contribution in [2.45, 2.75) is 20.4 Å². The number of amides is 1. The van der Waals surface area contributed by atoms with Gasteiger partial charge < -0.3 is 15.5 Å². The molecule has 0 unspecified atom stereocenters. The van der Waals surface area contributed by atoms with Crippen LogP contribution in [0.3, 0.4) is 0 Å². The van der Waals surface area contributed by atoms with Crippen LogP contribution in [-0.4, -0.2) is 30.0 Å². The van der Waals surface area contributed by atoms with Crippen molar-refractivity contribution in [1.29, 1.82) is 0 Å². The molecule has 4 nitrogen and oxygen atoms in total. The molecule has 0 saturated heterocycles. The molecular formula is C19H23N3OS. The average molecular weight is 341 g/mol. The molecule has 0 aromatic heterocycles. The average Bonchev–Trinajstić information content (AvgIpc) is 2.58. The molecule has 2 aromatic carbocycles. The van der Waals surface area contributed by atoms with Crippen LogP contribution in [0.15, 0.2) is 42.5 Å². The molecule has 126 valence electrons. The quantitative estimate of drug-likeness (QED) is 0.836. The maximum Gasteiger partial charge on any atom is 0.251 e. The number of thiocarbonyl (C=S) groups is 1. The Balaban J connectivity index is 1.98. The van der Waals surface area contributed by atoms with Crippen LogP contribution < -0.4 is 10.6 Å². The predicted octanol–water partition coefficient (Wildman–Crippen LogP) is 3.49. The molecule has 0 spiro atoms. The van der Waals surface area contributed by atoms with Gasteiger partial charge in [-0.2, -0.15) is 0 Å². The Hall–Kier alpha value is -2.40. The number of nitrogens with zero attached hydrogens (tertiary/aromatic N) is 1. The lowest BCUT2D eigenvalue weighted by Crippen LogP contribution is -2.30. The molecule has 1 amide bonds. The standard InChI is InChI=1S/C19H23N3OS/c1-13-5-10-17(11-14(13)2)21-19(24)22(4)12-15-6-8-16(9-7-15)18(23)20-3/h5-11H,12H2,1-4H3,(H,20,23)(H,21,24). The molecule has 2 rings (SSSR count). The summed E-state index contributed by atoms with van der Waals surface area (Å²) in [5.41, 5.74) is 5.23.